The van der Waals surface area contributed by atoms with Crippen molar-refractivity contribution in [2.75, 3.05) is 7.11 Å². The highest BCUT2D eigenvalue weighted by atomic mass is 16.5. The SMILES string of the molecule is COC1CCCC1NCc1ccc(C2CC2)cc1. The van der Waals surface area contributed by atoms with Crippen molar-refractivity contribution in [3.63, 3.8) is 0 Å². The van der Waals surface area contributed by atoms with Gasteiger partial charge in [-0.2, -0.15) is 0 Å². The third-order valence-corrected chi connectivity index (χ3v) is 4.35. The summed E-state index contributed by atoms with van der Waals surface area (Å²) < 4.78 is 5.51. The minimum absolute atomic E-state index is 0.413. The molecule has 1 N–H and O–H groups in total. The molecule has 2 aliphatic rings. The van der Waals surface area contributed by atoms with E-state index in [1.165, 1.54) is 43.2 Å². The van der Waals surface area contributed by atoms with E-state index >= 15 is 0 Å². The minimum Gasteiger partial charge on any atom is -0.380 e. The quantitative estimate of drug-likeness (QED) is 0.860. The molecule has 98 valence electrons. The molecule has 2 heteroatoms. The number of ether oxygens (including phenoxy) is 1. The molecule has 0 saturated heterocycles. The lowest BCUT2D eigenvalue weighted by Gasteiger charge is -2.19. The average molecular weight is 245 g/mol. The Kier molecular flexibility index (Phi) is 3.67. The molecule has 0 radical (unpaired) electrons. The van der Waals surface area contributed by atoms with Gasteiger partial charge in [-0.05, 0) is 49.1 Å². The first-order chi connectivity index (χ1) is 8.86. The Morgan fingerprint density at radius 2 is 1.89 bits per heavy atom. The number of methoxy groups -OCH3 is 1. The van der Waals surface area contributed by atoms with Gasteiger partial charge in [0.1, 0.15) is 0 Å². The summed E-state index contributed by atoms with van der Waals surface area (Å²) in [5.41, 5.74) is 2.91. The minimum atomic E-state index is 0.413. The van der Waals surface area contributed by atoms with E-state index in [0.29, 0.717) is 12.1 Å². The van der Waals surface area contributed by atoms with Crippen molar-refractivity contribution in [1.29, 1.82) is 0 Å². The largest absolute Gasteiger partial charge is 0.380 e. The molecule has 1 aromatic rings. The van der Waals surface area contributed by atoms with Crippen LogP contribution in [0.3, 0.4) is 0 Å². The van der Waals surface area contributed by atoms with Crippen LogP contribution in [-0.4, -0.2) is 19.3 Å². The molecule has 1 aromatic carbocycles. The van der Waals surface area contributed by atoms with Crippen LogP contribution in [0.25, 0.3) is 0 Å². The van der Waals surface area contributed by atoms with Crippen molar-refractivity contribution in [2.24, 2.45) is 0 Å². The maximum atomic E-state index is 5.51. The highest BCUT2D eigenvalue weighted by Gasteiger charge is 2.26. The van der Waals surface area contributed by atoms with Crippen LogP contribution >= 0.6 is 0 Å². The van der Waals surface area contributed by atoms with E-state index in [4.69, 9.17) is 4.74 Å². The van der Waals surface area contributed by atoms with Crippen LogP contribution in [0, 0.1) is 0 Å². The Labute approximate surface area is 110 Å². The molecular formula is C16H23NO. The summed E-state index contributed by atoms with van der Waals surface area (Å²) in [6.45, 7) is 0.968. The number of hydrogen-bond donors (Lipinski definition) is 1. The molecule has 2 saturated carbocycles. The Morgan fingerprint density at radius 3 is 2.56 bits per heavy atom. The zero-order valence-corrected chi connectivity index (χ0v) is 11.2. The van der Waals surface area contributed by atoms with Crippen LogP contribution in [-0.2, 0) is 11.3 Å². The molecule has 2 fully saturated rings. The highest BCUT2D eigenvalue weighted by Crippen LogP contribution is 2.39. The molecule has 2 atom stereocenters. The summed E-state index contributed by atoms with van der Waals surface area (Å²) in [5, 5.41) is 3.64. The van der Waals surface area contributed by atoms with E-state index in [-0.39, 0.29) is 0 Å². The second-order valence-corrected chi connectivity index (χ2v) is 5.71. The highest BCUT2D eigenvalue weighted by molar-refractivity contribution is 5.28. The first-order valence-electron chi connectivity index (χ1n) is 7.22. The van der Waals surface area contributed by atoms with Crippen molar-refractivity contribution in [3.8, 4) is 0 Å². The van der Waals surface area contributed by atoms with Gasteiger partial charge in [-0.3, -0.25) is 0 Å². The van der Waals surface area contributed by atoms with E-state index < -0.39 is 0 Å². The predicted octanol–water partition coefficient (Wildman–Crippen LogP) is 3.22. The first-order valence-corrected chi connectivity index (χ1v) is 7.22. The van der Waals surface area contributed by atoms with Crippen LogP contribution in [0.4, 0.5) is 0 Å². The zero-order chi connectivity index (χ0) is 12.4. The second-order valence-electron chi connectivity index (χ2n) is 5.71. The smallest absolute Gasteiger partial charge is 0.0724 e. The maximum Gasteiger partial charge on any atom is 0.0724 e. The fraction of sp³-hybridized carbons (Fsp3) is 0.625. The average Bonchev–Trinajstić information content (AvgIpc) is 3.16. The van der Waals surface area contributed by atoms with Crippen LogP contribution in [0.15, 0.2) is 24.3 Å². The summed E-state index contributed by atoms with van der Waals surface area (Å²) in [6.07, 6.45) is 6.92. The van der Waals surface area contributed by atoms with Crippen molar-refractivity contribution in [1.82, 2.24) is 5.32 Å². The van der Waals surface area contributed by atoms with Gasteiger partial charge in [-0.1, -0.05) is 24.3 Å². The van der Waals surface area contributed by atoms with Gasteiger partial charge in [0.25, 0.3) is 0 Å². The van der Waals surface area contributed by atoms with Crippen molar-refractivity contribution >= 4 is 0 Å². The van der Waals surface area contributed by atoms with Crippen LogP contribution in [0.5, 0.6) is 0 Å². The molecule has 0 aliphatic heterocycles. The number of hydrogen-bond acceptors (Lipinski definition) is 2. The summed E-state index contributed by atoms with van der Waals surface area (Å²) in [5.74, 6) is 0.861. The normalized spacial score (nSPS) is 27.6. The monoisotopic (exact) mass is 245 g/mol. The fourth-order valence-electron chi connectivity index (χ4n) is 3.01. The molecule has 3 rings (SSSR count). The molecule has 2 unspecified atom stereocenters. The summed E-state index contributed by atoms with van der Waals surface area (Å²) in [6, 6.07) is 9.70. The van der Waals surface area contributed by atoms with E-state index in [2.05, 4.69) is 29.6 Å². The maximum absolute atomic E-state index is 5.51. The van der Waals surface area contributed by atoms with Crippen LogP contribution in [0.1, 0.15) is 49.1 Å². The van der Waals surface area contributed by atoms with Crippen LogP contribution in [0.2, 0.25) is 0 Å². The molecule has 2 nitrogen and oxygen atoms in total. The third-order valence-electron chi connectivity index (χ3n) is 4.35. The zero-order valence-electron chi connectivity index (χ0n) is 11.2. The Morgan fingerprint density at radius 1 is 1.11 bits per heavy atom. The topological polar surface area (TPSA) is 21.3 Å². The first kappa shape index (κ1) is 12.2. The van der Waals surface area contributed by atoms with Crippen LogP contribution < -0.4 is 5.32 Å². The van der Waals surface area contributed by atoms with Gasteiger partial charge in [-0.15, -0.1) is 0 Å². The molecular weight excluding hydrogens is 222 g/mol. The van der Waals surface area contributed by atoms with E-state index in [1.807, 2.05) is 7.11 Å². The molecule has 2 aliphatic carbocycles. The van der Waals surface area contributed by atoms with Crippen molar-refractivity contribution in [3.05, 3.63) is 35.4 Å². The van der Waals surface area contributed by atoms with Gasteiger partial charge >= 0.3 is 0 Å². The van der Waals surface area contributed by atoms with Gasteiger partial charge in [0.2, 0.25) is 0 Å². The molecule has 0 spiro atoms. The van der Waals surface area contributed by atoms with Gasteiger partial charge < -0.3 is 10.1 Å². The lowest BCUT2D eigenvalue weighted by atomic mass is 10.1. The predicted molar refractivity (Wildman–Crippen MR) is 73.7 cm³/mol. The number of nitrogens with one attached hydrogen (secondary N) is 1. The van der Waals surface area contributed by atoms with E-state index in [9.17, 15) is 0 Å². The van der Waals surface area contributed by atoms with Gasteiger partial charge in [0, 0.05) is 19.7 Å². The third kappa shape index (κ3) is 2.76. The number of benzene rings is 1. The lowest BCUT2D eigenvalue weighted by Crippen LogP contribution is -2.36. The lowest BCUT2D eigenvalue weighted by molar-refractivity contribution is 0.0847. The Balaban J connectivity index is 1.52. The Bertz CT molecular complexity index is 383. The van der Waals surface area contributed by atoms with Crippen molar-refractivity contribution in [2.45, 2.75) is 56.7 Å². The fourth-order valence-corrected chi connectivity index (χ4v) is 3.01. The summed E-state index contributed by atoms with van der Waals surface area (Å²) in [7, 11) is 1.83. The van der Waals surface area contributed by atoms with Gasteiger partial charge in [0.15, 0.2) is 0 Å². The standard InChI is InChI=1S/C16H23NO/c1-18-16-4-2-3-15(16)17-11-12-5-7-13(8-6-12)14-9-10-14/h5-8,14-17H,2-4,9-11H2,1H3. The molecule has 0 amide bonds. The van der Waals surface area contributed by atoms with E-state index in [1.54, 1.807) is 0 Å². The van der Waals surface area contributed by atoms with E-state index in [0.717, 1.165) is 12.5 Å². The second kappa shape index (κ2) is 5.41. The molecule has 0 aromatic heterocycles. The molecule has 0 bridgehead atoms. The number of rotatable bonds is 5. The molecule has 0 heterocycles. The Hall–Kier alpha value is -0.860. The van der Waals surface area contributed by atoms with Crippen molar-refractivity contribution < 1.29 is 4.74 Å². The van der Waals surface area contributed by atoms with Gasteiger partial charge in [0.05, 0.1) is 6.10 Å². The van der Waals surface area contributed by atoms with Gasteiger partial charge in [-0.25, -0.2) is 0 Å². The summed E-state index contributed by atoms with van der Waals surface area (Å²) >= 11 is 0. The summed E-state index contributed by atoms with van der Waals surface area (Å²) in [4.78, 5) is 0. The molecule has 18 heavy (non-hydrogen) atoms.